The summed E-state index contributed by atoms with van der Waals surface area (Å²) in [7, 11) is 4.78. The molecular formula is C21H42N5Na3O13S. The number of carbonyl (C=O) groups is 5. The number of carboxylic acid groups (broad SMARTS) is 3. The maximum atomic E-state index is 10.5. The molecule has 0 saturated carbocycles. The molecule has 0 aliphatic heterocycles. The quantitative estimate of drug-likeness (QED) is 0.0630. The van der Waals surface area contributed by atoms with Crippen molar-refractivity contribution >= 4 is 39.8 Å². The second kappa shape index (κ2) is 34.9. The van der Waals surface area contributed by atoms with Crippen LogP contribution in [0.2, 0.25) is 0 Å². The zero-order valence-corrected chi connectivity index (χ0v) is 33.8. The maximum absolute atomic E-state index is 10.5. The predicted octanol–water partition coefficient (Wildman–Crippen LogP) is -17.3. The number of nitrogens with one attached hydrogen (secondary N) is 2. The second-order valence-electron chi connectivity index (χ2n) is 9.25. The number of aliphatic hydroxyl groups excluding tert-OH is 1. The van der Waals surface area contributed by atoms with Crippen LogP contribution in [0.25, 0.3) is 0 Å². The summed E-state index contributed by atoms with van der Waals surface area (Å²) in [6, 6.07) is 0. The third-order valence-electron chi connectivity index (χ3n) is 3.20. The molecule has 238 valence electrons. The van der Waals surface area contributed by atoms with Gasteiger partial charge in [-0.25, -0.2) is 8.42 Å². The number of quaternary nitrogens is 1. The molecule has 18 nitrogen and oxygen atoms in total. The Morgan fingerprint density at radius 3 is 1.19 bits per heavy atom. The smallest absolute Gasteiger partial charge is 0.707 e. The third kappa shape index (κ3) is 74.7. The fourth-order valence-electron chi connectivity index (χ4n) is 1.95. The summed E-state index contributed by atoms with van der Waals surface area (Å²) in [5.41, 5.74) is 0. The number of amides is 2. The molecular weight excluding hydrogens is 631 g/mol. The summed E-state index contributed by atoms with van der Waals surface area (Å²) in [5, 5.41) is 53.2. The van der Waals surface area contributed by atoms with Crippen molar-refractivity contribution in [2.75, 3.05) is 93.4 Å². The number of aliphatic carboxylic acids is 3. The van der Waals surface area contributed by atoms with Gasteiger partial charge in [-0.05, 0) is 0 Å². The van der Waals surface area contributed by atoms with Crippen molar-refractivity contribution in [3.8, 4) is 0 Å². The molecule has 22 heteroatoms. The topological polar surface area (TPSA) is 272 Å². The van der Waals surface area contributed by atoms with Crippen LogP contribution in [-0.2, 0) is 38.4 Å². The minimum absolute atomic E-state index is 0. The average Bonchev–Trinajstić information content (AvgIpc) is 2.71. The summed E-state index contributed by atoms with van der Waals surface area (Å²) < 4.78 is 22.6. The van der Waals surface area contributed by atoms with Crippen molar-refractivity contribution in [1.82, 2.24) is 20.4 Å². The van der Waals surface area contributed by atoms with E-state index in [0.29, 0.717) is 19.3 Å². The van der Waals surface area contributed by atoms with Gasteiger partial charge in [0.25, 0.3) is 10.1 Å². The molecule has 0 aromatic rings. The monoisotopic (exact) mass is 673 g/mol. The number of rotatable bonds is 15. The minimum Gasteiger partial charge on any atom is -0.707 e. The summed E-state index contributed by atoms with van der Waals surface area (Å²) >= 11 is 0. The first-order chi connectivity index (χ1) is 18.0. The summed E-state index contributed by atoms with van der Waals surface area (Å²) in [6.45, 7) is 2.62. The van der Waals surface area contributed by atoms with E-state index in [2.05, 4.69) is 43.2 Å². The number of carboxylic acids is 3. The van der Waals surface area contributed by atoms with Gasteiger partial charge < -0.3 is 59.5 Å². The number of aliphatic hydroxyl groups is 1. The van der Waals surface area contributed by atoms with Crippen LogP contribution < -0.4 is 120 Å². The van der Waals surface area contributed by atoms with Crippen LogP contribution >= 0.6 is 0 Å². The first kappa shape index (κ1) is 58.6. The van der Waals surface area contributed by atoms with Crippen molar-refractivity contribution in [3.05, 3.63) is 0 Å². The zero-order valence-electron chi connectivity index (χ0n) is 27.0. The van der Waals surface area contributed by atoms with E-state index in [-0.39, 0.29) is 133 Å². The molecule has 0 atom stereocenters. The van der Waals surface area contributed by atoms with Crippen molar-refractivity contribution in [3.63, 3.8) is 0 Å². The van der Waals surface area contributed by atoms with Gasteiger partial charge in [-0.2, -0.15) is 0 Å². The van der Waals surface area contributed by atoms with Gasteiger partial charge in [0.1, 0.15) is 0 Å². The fraction of sp³-hybridized carbons (Fsp3) is 0.762. The largest absolute Gasteiger partial charge is 1.00 e. The molecule has 0 aliphatic rings. The summed E-state index contributed by atoms with van der Waals surface area (Å²) in [4.78, 5) is 54.3. The van der Waals surface area contributed by atoms with Crippen LogP contribution in [0.4, 0.5) is 0 Å². The van der Waals surface area contributed by atoms with E-state index in [0.717, 1.165) is 9.38 Å². The number of nitrogens with zero attached hydrogens (tertiary/aromatic N) is 3. The molecule has 0 fully saturated rings. The molecule has 43 heavy (non-hydrogen) atoms. The van der Waals surface area contributed by atoms with Crippen molar-refractivity contribution < 1.29 is 156 Å². The Bertz CT molecular complexity index is 842. The van der Waals surface area contributed by atoms with Gasteiger partial charge in [0.15, 0.2) is 0 Å². The Labute approximate surface area is 320 Å². The molecule has 2 amide bonds. The molecule has 0 saturated heterocycles. The summed E-state index contributed by atoms with van der Waals surface area (Å²) in [6.07, 6.45) is 0.681. The van der Waals surface area contributed by atoms with Crippen LogP contribution in [0, 0.1) is 0 Å². The second-order valence-corrected chi connectivity index (χ2v) is 10.8. The standard InChI is InChI=1S/C8H14N2O5.C8H16N2O4.C4H12N.CH4O4S.3Na/c1-6(11)9-2-3-10(4-7(12)13)5-8(14)15;1-7(12)9-2-3-10(4-5-11)6-8(13)14;1-5(2,3)4;1-6(3,4)5-2;;;/h2-5H2,1H3,(H,9,11)(H,12,13)(H,14,15);11H,2-6H2,1H3,(H,9,12)(H,13,14);1-4H3;2H,1H3;;;/q;;+1;;3*+1/p-4. The number of hydrogen-bond acceptors (Lipinski definition) is 15. The predicted molar refractivity (Wildman–Crippen MR) is 132 cm³/mol. The Morgan fingerprint density at radius 2 is 0.977 bits per heavy atom. The van der Waals surface area contributed by atoms with Gasteiger partial charge in [0, 0.05) is 66.2 Å². The SMILES string of the molecule is CC(=O)NCCN(CC(=O)[O-])CC(=O)[O-].CC(=O)NCCN(CCO)CC(=O)[O-].CS(=O)(=O)O[O-].C[N+](C)(C)C.[Na+].[Na+].[Na+]. The Morgan fingerprint density at radius 1 is 0.721 bits per heavy atom. The van der Waals surface area contributed by atoms with Gasteiger partial charge in [0.05, 0.1) is 59.0 Å². The van der Waals surface area contributed by atoms with Gasteiger partial charge in [-0.3, -0.25) is 19.4 Å². The van der Waals surface area contributed by atoms with Crippen molar-refractivity contribution in [2.45, 2.75) is 13.8 Å². The number of carbonyl (C=O) groups excluding carboxylic acids is 5. The molecule has 0 spiro atoms. The van der Waals surface area contributed by atoms with Crippen LogP contribution in [0.15, 0.2) is 0 Å². The molecule has 0 heterocycles. The summed E-state index contributed by atoms with van der Waals surface area (Å²) in [5.74, 6) is -4.38. The normalized spacial score (nSPS) is 9.84. The Kier molecular flexibility index (Phi) is 47.6. The van der Waals surface area contributed by atoms with E-state index in [1.54, 1.807) is 0 Å². The van der Waals surface area contributed by atoms with E-state index in [1.807, 2.05) is 0 Å². The van der Waals surface area contributed by atoms with E-state index in [4.69, 9.17) is 10.4 Å². The van der Waals surface area contributed by atoms with Crippen LogP contribution in [0.1, 0.15) is 13.8 Å². The zero-order chi connectivity index (χ0) is 32.5. The van der Waals surface area contributed by atoms with E-state index >= 15 is 0 Å². The van der Waals surface area contributed by atoms with Gasteiger partial charge >= 0.3 is 88.7 Å². The van der Waals surface area contributed by atoms with E-state index in [1.165, 1.54) is 18.7 Å². The molecule has 0 bridgehead atoms. The van der Waals surface area contributed by atoms with Gasteiger partial charge in [0.2, 0.25) is 11.8 Å². The Hall–Kier alpha value is 0.0600. The van der Waals surface area contributed by atoms with E-state index < -0.39 is 41.1 Å². The molecule has 0 rings (SSSR count). The first-order valence-electron chi connectivity index (χ1n) is 11.5. The van der Waals surface area contributed by atoms with Gasteiger partial charge in [-0.1, -0.05) is 0 Å². The minimum atomic E-state index is -3.72. The Balaban J connectivity index is -0.0000000856. The maximum Gasteiger partial charge on any atom is 1.00 e. The van der Waals surface area contributed by atoms with Crippen LogP contribution in [0.5, 0.6) is 0 Å². The third-order valence-corrected chi connectivity index (χ3v) is 3.45. The van der Waals surface area contributed by atoms with Crippen molar-refractivity contribution in [1.29, 1.82) is 0 Å². The molecule has 3 N–H and O–H groups in total. The molecule has 0 aromatic heterocycles. The molecule has 0 unspecified atom stereocenters. The molecule has 0 aliphatic carbocycles. The fourth-order valence-corrected chi connectivity index (χ4v) is 1.95. The average molecular weight is 674 g/mol. The number of hydrogen-bond donors (Lipinski definition) is 3. The van der Waals surface area contributed by atoms with Gasteiger partial charge in [-0.15, -0.1) is 0 Å². The molecule has 0 aromatic carbocycles. The van der Waals surface area contributed by atoms with Crippen molar-refractivity contribution in [2.24, 2.45) is 0 Å². The van der Waals surface area contributed by atoms with Crippen LogP contribution in [0.3, 0.4) is 0 Å². The molecule has 0 radical (unpaired) electrons. The van der Waals surface area contributed by atoms with Crippen LogP contribution in [-0.4, -0.2) is 151 Å². The van der Waals surface area contributed by atoms with E-state index in [9.17, 15) is 47.7 Å². The first-order valence-corrected chi connectivity index (χ1v) is 13.3.